The number of hydrogen-bond acceptors (Lipinski definition) is 3. The lowest BCUT2D eigenvalue weighted by Gasteiger charge is -2.12. The van der Waals surface area contributed by atoms with Gasteiger partial charge in [-0.3, -0.25) is 4.79 Å². The molecular weight excluding hydrogens is 305 g/mol. The molecule has 1 amide bonds. The molecule has 0 unspecified atom stereocenters. The molecule has 0 bridgehead atoms. The Kier molecular flexibility index (Phi) is 4.16. The second-order valence-corrected chi connectivity index (χ2v) is 5.82. The molecule has 0 N–H and O–H groups in total. The summed E-state index contributed by atoms with van der Waals surface area (Å²) in [6.45, 7) is 1.79. The number of hydrazone groups is 1. The van der Waals surface area contributed by atoms with E-state index in [1.807, 2.05) is 49.3 Å². The number of benzene rings is 2. The van der Waals surface area contributed by atoms with Crippen molar-refractivity contribution in [1.29, 1.82) is 0 Å². The highest BCUT2D eigenvalue weighted by Crippen LogP contribution is 2.25. The number of nitrogens with zero attached hydrogens (tertiary/aromatic N) is 3. The number of carbonyl (C=O) groups is 1. The maximum Gasteiger partial charge on any atom is 0.280 e. The first-order chi connectivity index (χ1) is 11.5. The van der Waals surface area contributed by atoms with Gasteiger partial charge in [0.2, 0.25) is 0 Å². The van der Waals surface area contributed by atoms with E-state index in [2.05, 4.69) is 5.10 Å². The summed E-state index contributed by atoms with van der Waals surface area (Å²) >= 11 is 0. The number of halogens is 1. The van der Waals surface area contributed by atoms with E-state index in [9.17, 15) is 9.18 Å². The highest BCUT2D eigenvalue weighted by Gasteiger charge is 2.28. The molecule has 3 rings (SSSR count). The molecule has 2 aromatic rings. The fourth-order valence-corrected chi connectivity index (χ4v) is 2.48. The van der Waals surface area contributed by atoms with Crippen LogP contribution in [0.4, 0.5) is 15.8 Å². The Hall–Kier alpha value is -2.95. The summed E-state index contributed by atoms with van der Waals surface area (Å²) in [5.74, 6) is -0.557. The monoisotopic (exact) mass is 323 g/mol. The first kappa shape index (κ1) is 15.9. The molecule has 1 heterocycles. The molecular formula is C19H18FN3O. The highest BCUT2D eigenvalue weighted by molar-refractivity contribution is 6.32. The molecule has 0 saturated heterocycles. The van der Waals surface area contributed by atoms with Crippen molar-refractivity contribution in [2.75, 3.05) is 24.0 Å². The summed E-state index contributed by atoms with van der Waals surface area (Å²) in [5.41, 5.74) is 3.75. The maximum absolute atomic E-state index is 13.0. The largest absolute Gasteiger partial charge is 0.378 e. The normalized spacial score (nSPS) is 15.8. The van der Waals surface area contributed by atoms with Gasteiger partial charge in [0, 0.05) is 19.8 Å². The Morgan fingerprint density at radius 3 is 2.25 bits per heavy atom. The summed E-state index contributed by atoms with van der Waals surface area (Å²) in [7, 11) is 3.96. The zero-order valence-corrected chi connectivity index (χ0v) is 13.8. The predicted octanol–water partition coefficient (Wildman–Crippen LogP) is 3.70. The second-order valence-electron chi connectivity index (χ2n) is 5.82. The molecule has 2 aromatic carbocycles. The summed E-state index contributed by atoms with van der Waals surface area (Å²) in [4.78, 5) is 14.6. The molecule has 24 heavy (non-hydrogen) atoms. The van der Waals surface area contributed by atoms with Crippen LogP contribution in [0.1, 0.15) is 12.5 Å². The number of hydrogen-bond donors (Lipinski definition) is 0. The van der Waals surface area contributed by atoms with E-state index in [0.29, 0.717) is 17.0 Å². The third-order valence-corrected chi connectivity index (χ3v) is 3.85. The highest BCUT2D eigenvalue weighted by atomic mass is 19.1. The van der Waals surface area contributed by atoms with E-state index < -0.39 is 0 Å². The van der Waals surface area contributed by atoms with E-state index in [1.54, 1.807) is 19.1 Å². The van der Waals surface area contributed by atoms with E-state index in [-0.39, 0.29) is 11.7 Å². The standard InChI is InChI=1S/C19H18FN3O/c1-13-18(12-14-4-8-16(9-5-14)22(2)3)19(24)23(21-13)17-10-6-15(20)7-11-17/h4-12H,1-3H3/b18-12-. The molecule has 0 saturated carbocycles. The van der Waals surface area contributed by atoms with Crippen LogP contribution in [-0.2, 0) is 4.79 Å². The third kappa shape index (κ3) is 3.06. The van der Waals surface area contributed by atoms with Crippen LogP contribution in [0.25, 0.3) is 6.08 Å². The van der Waals surface area contributed by atoms with Crippen molar-refractivity contribution < 1.29 is 9.18 Å². The van der Waals surface area contributed by atoms with Gasteiger partial charge < -0.3 is 4.90 Å². The molecule has 5 heteroatoms. The van der Waals surface area contributed by atoms with Gasteiger partial charge in [0.15, 0.2) is 0 Å². The van der Waals surface area contributed by atoms with Gasteiger partial charge in [-0.25, -0.2) is 4.39 Å². The van der Waals surface area contributed by atoms with E-state index in [0.717, 1.165) is 11.3 Å². The van der Waals surface area contributed by atoms with Gasteiger partial charge in [0.25, 0.3) is 5.91 Å². The van der Waals surface area contributed by atoms with Crippen molar-refractivity contribution in [1.82, 2.24) is 0 Å². The van der Waals surface area contributed by atoms with Gasteiger partial charge in [-0.1, -0.05) is 12.1 Å². The van der Waals surface area contributed by atoms with Crippen LogP contribution < -0.4 is 9.91 Å². The molecule has 1 aliphatic rings. The van der Waals surface area contributed by atoms with Gasteiger partial charge in [0.05, 0.1) is 17.0 Å². The zero-order chi connectivity index (χ0) is 17.3. The second kappa shape index (κ2) is 6.28. The zero-order valence-electron chi connectivity index (χ0n) is 13.8. The number of carbonyl (C=O) groups excluding carboxylic acids is 1. The topological polar surface area (TPSA) is 35.9 Å². The molecule has 0 aromatic heterocycles. The summed E-state index contributed by atoms with van der Waals surface area (Å²) < 4.78 is 13.0. The molecule has 0 fully saturated rings. The van der Waals surface area contributed by atoms with Crippen molar-refractivity contribution in [2.45, 2.75) is 6.92 Å². The van der Waals surface area contributed by atoms with Gasteiger partial charge in [-0.05, 0) is 55.0 Å². The fraction of sp³-hybridized carbons (Fsp3) is 0.158. The van der Waals surface area contributed by atoms with Crippen molar-refractivity contribution in [3.8, 4) is 0 Å². The summed E-state index contributed by atoms with van der Waals surface area (Å²) in [6, 6.07) is 13.6. The lowest BCUT2D eigenvalue weighted by Crippen LogP contribution is -2.21. The minimum absolute atomic E-state index is 0.212. The summed E-state index contributed by atoms with van der Waals surface area (Å²) in [5, 5.41) is 5.59. The molecule has 4 nitrogen and oxygen atoms in total. The predicted molar refractivity (Wildman–Crippen MR) is 95.7 cm³/mol. The minimum Gasteiger partial charge on any atom is -0.378 e. The Balaban J connectivity index is 1.88. The Morgan fingerprint density at radius 2 is 1.67 bits per heavy atom. The van der Waals surface area contributed by atoms with Crippen LogP contribution in [0.3, 0.4) is 0 Å². The molecule has 0 radical (unpaired) electrons. The van der Waals surface area contributed by atoms with Gasteiger partial charge in [0.1, 0.15) is 5.82 Å². The lowest BCUT2D eigenvalue weighted by molar-refractivity contribution is -0.114. The molecule has 1 aliphatic heterocycles. The molecule has 122 valence electrons. The van der Waals surface area contributed by atoms with Gasteiger partial charge in [-0.15, -0.1) is 0 Å². The average Bonchev–Trinajstić information content (AvgIpc) is 2.84. The number of anilines is 2. The van der Waals surface area contributed by atoms with Crippen molar-refractivity contribution >= 4 is 29.1 Å². The molecule has 0 atom stereocenters. The van der Waals surface area contributed by atoms with Crippen LogP contribution in [-0.4, -0.2) is 25.7 Å². The van der Waals surface area contributed by atoms with Crippen molar-refractivity contribution in [3.63, 3.8) is 0 Å². The third-order valence-electron chi connectivity index (χ3n) is 3.85. The number of amides is 1. The Morgan fingerprint density at radius 1 is 1.04 bits per heavy atom. The number of rotatable bonds is 3. The van der Waals surface area contributed by atoms with Gasteiger partial charge in [-0.2, -0.15) is 10.1 Å². The van der Waals surface area contributed by atoms with E-state index in [4.69, 9.17) is 0 Å². The first-order valence-electron chi connectivity index (χ1n) is 7.60. The van der Waals surface area contributed by atoms with Crippen molar-refractivity contribution in [3.05, 3.63) is 65.5 Å². The van der Waals surface area contributed by atoms with Crippen LogP contribution >= 0.6 is 0 Å². The summed E-state index contributed by atoms with van der Waals surface area (Å²) in [6.07, 6.45) is 1.82. The minimum atomic E-state index is -0.345. The fourth-order valence-electron chi connectivity index (χ4n) is 2.48. The quantitative estimate of drug-likeness (QED) is 0.808. The van der Waals surface area contributed by atoms with Crippen LogP contribution in [0.5, 0.6) is 0 Å². The van der Waals surface area contributed by atoms with Crippen LogP contribution in [0.15, 0.2) is 59.2 Å². The van der Waals surface area contributed by atoms with Crippen molar-refractivity contribution in [2.24, 2.45) is 5.10 Å². The van der Waals surface area contributed by atoms with Crippen LogP contribution in [0, 0.1) is 5.82 Å². The Bertz CT molecular complexity index is 821. The SMILES string of the molecule is CC1=NN(c2ccc(F)cc2)C(=O)/C1=C\c1ccc(N(C)C)cc1. The Labute approximate surface area is 140 Å². The molecule has 0 spiro atoms. The van der Waals surface area contributed by atoms with E-state index in [1.165, 1.54) is 17.1 Å². The lowest BCUT2D eigenvalue weighted by atomic mass is 10.1. The van der Waals surface area contributed by atoms with Crippen LogP contribution in [0.2, 0.25) is 0 Å². The molecule has 0 aliphatic carbocycles. The smallest absolute Gasteiger partial charge is 0.280 e. The first-order valence-corrected chi connectivity index (χ1v) is 7.60. The van der Waals surface area contributed by atoms with E-state index >= 15 is 0 Å². The van der Waals surface area contributed by atoms with Gasteiger partial charge >= 0.3 is 0 Å². The maximum atomic E-state index is 13.0. The average molecular weight is 323 g/mol.